The minimum absolute atomic E-state index is 0.0375. The van der Waals surface area contributed by atoms with Gasteiger partial charge in [0.2, 0.25) is 0 Å². The van der Waals surface area contributed by atoms with Crippen molar-refractivity contribution in [3.63, 3.8) is 0 Å². The number of rotatable bonds is 7. The molecule has 0 aromatic carbocycles. The van der Waals surface area contributed by atoms with Crippen molar-refractivity contribution in [1.29, 1.82) is 5.26 Å². The normalized spacial score (nSPS) is 24.2. The van der Waals surface area contributed by atoms with Crippen LogP contribution in [0.1, 0.15) is 46.0 Å². The predicted molar refractivity (Wildman–Crippen MR) is 70.0 cm³/mol. The third kappa shape index (κ3) is 4.64. The molecule has 2 fully saturated rings. The van der Waals surface area contributed by atoms with E-state index in [9.17, 15) is 18.4 Å². The van der Waals surface area contributed by atoms with Gasteiger partial charge in [-0.2, -0.15) is 18.4 Å². The van der Waals surface area contributed by atoms with Gasteiger partial charge in [0.15, 0.2) is 0 Å². The molecule has 0 aromatic rings. The summed E-state index contributed by atoms with van der Waals surface area (Å²) in [5.74, 6) is 0. The molecule has 3 nitrogen and oxygen atoms in total. The maximum atomic E-state index is 12.7. The summed E-state index contributed by atoms with van der Waals surface area (Å²) >= 11 is 0. The van der Waals surface area contributed by atoms with Crippen molar-refractivity contribution in [1.82, 2.24) is 10.2 Å². The Bertz CT molecular complexity index is 382. The molecule has 114 valence electrons. The topological polar surface area (TPSA) is 39.1 Å². The zero-order valence-electron chi connectivity index (χ0n) is 12.0. The van der Waals surface area contributed by atoms with Gasteiger partial charge in [-0.3, -0.25) is 10.2 Å². The lowest BCUT2D eigenvalue weighted by molar-refractivity contribution is -0.152. The third-order valence-electron chi connectivity index (χ3n) is 3.99. The van der Waals surface area contributed by atoms with E-state index in [4.69, 9.17) is 0 Å². The average Bonchev–Trinajstić information content (AvgIpc) is 3.18. The van der Waals surface area contributed by atoms with Gasteiger partial charge in [-0.25, -0.2) is 0 Å². The van der Waals surface area contributed by atoms with E-state index in [1.807, 2.05) is 0 Å². The molecular weight excluding hydrogens is 267 g/mol. The average molecular weight is 289 g/mol. The fraction of sp³-hybridized carbons (Fsp3) is 0.929. The Morgan fingerprint density at radius 3 is 2.30 bits per heavy atom. The molecule has 2 aliphatic rings. The number of nitrogens with zero attached hydrogens (tertiary/aromatic N) is 2. The summed E-state index contributed by atoms with van der Waals surface area (Å²) in [6.07, 6.45) is 0.0248. The molecule has 0 spiro atoms. The van der Waals surface area contributed by atoms with E-state index in [0.29, 0.717) is 12.5 Å². The van der Waals surface area contributed by atoms with Crippen LogP contribution in [0.2, 0.25) is 0 Å². The van der Waals surface area contributed by atoms with Crippen LogP contribution in [-0.4, -0.2) is 41.3 Å². The van der Waals surface area contributed by atoms with Crippen LogP contribution in [0.5, 0.6) is 0 Å². The summed E-state index contributed by atoms with van der Waals surface area (Å²) in [7, 11) is 0. The highest BCUT2D eigenvalue weighted by Crippen LogP contribution is 2.34. The van der Waals surface area contributed by atoms with Crippen LogP contribution in [0.3, 0.4) is 0 Å². The van der Waals surface area contributed by atoms with Crippen molar-refractivity contribution in [3.05, 3.63) is 0 Å². The minimum atomic E-state index is -4.18. The highest BCUT2D eigenvalue weighted by molar-refractivity contribution is 5.09. The lowest BCUT2D eigenvalue weighted by atomic mass is 9.94. The lowest BCUT2D eigenvalue weighted by Crippen LogP contribution is -2.50. The number of nitrogens with one attached hydrogen (secondary N) is 1. The Balaban J connectivity index is 1.96. The molecule has 1 N–H and O–H groups in total. The Morgan fingerprint density at radius 2 is 1.90 bits per heavy atom. The van der Waals surface area contributed by atoms with Gasteiger partial charge >= 0.3 is 6.18 Å². The van der Waals surface area contributed by atoms with Crippen LogP contribution in [0.15, 0.2) is 0 Å². The summed E-state index contributed by atoms with van der Waals surface area (Å²) in [5, 5.41) is 12.6. The van der Waals surface area contributed by atoms with Crippen molar-refractivity contribution in [3.8, 4) is 6.07 Å². The first-order valence-corrected chi connectivity index (χ1v) is 7.24. The number of alkyl halides is 3. The van der Waals surface area contributed by atoms with Gasteiger partial charge in [0, 0.05) is 18.1 Å². The quantitative estimate of drug-likeness (QED) is 0.783. The van der Waals surface area contributed by atoms with Crippen LogP contribution in [0.4, 0.5) is 13.2 Å². The zero-order valence-corrected chi connectivity index (χ0v) is 12.0. The van der Waals surface area contributed by atoms with E-state index in [1.54, 1.807) is 13.8 Å². The second kappa shape index (κ2) is 5.53. The first-order chi connectivity index (χ1) is 9.22. The molecule has 0 heterocycles. The molecule has 0 aliphatic heterocycles. The standard InChI is InChI=1S/C14H22F3N3/c1-10(7-13(2,8-18)19-11-3-4-11)20(12-5-6-12)9-14(15,16)17/h10-12,19H,3-7,9H2,1-2H3. The monoisotopic (exact) mass is 289 g/mol. The lowest BCUT2D eigenvalue weighted by Gasteiger charge is -2.34. The molecule has 20 heavy (non-hydrogen) atoms. The fourth-order valence-electron chi connectivity index (χ4n) is 2.78. The molecular formula is C14H22F3N3. The molecule has 2 unspecified atom stereocenters. The summed E-state index contributed by atoms with van der Waals surface area (Å²) in [4.78, 5) is 1.52. The fourth-order valence-corrected chi connectivity index (χ4v) is 2.78. The van der Waals surface area contributed by atoms with Gasteiger partial charge < -0.3 is 0 Å². The van der Waals surface area contributed by atoms with Gasteiger partial charge in [-0.05, 0) is 46.0 Å². The number of nitriles is 1. The Morgan fingerprint density at radius 1 is 1.30 bits per heavy atom. The van der Waals surface area contributed by atoms with Crippen molar-refractivity contribution < 1.29 is 13.2 Å². The Hall–Kier alpha value is -0.800. The van der Waals surface area contributed by atoms with E-state index in [0.717, 1.165) is 25.7 Å². The molecule has 0 radical (unpaired) electrons. The third-order valence-corrected chi connectivity index (χ3v) is 3.99. The molecule has 2 rings (SSSR count). The molecule has 6 heteroatoms. The van der Waals surface area contributed by atoms with Gasteiger partial charge in [-0.15, -0.1) is 0 Å². The first-order valence-electron chi connectivity index (χ1n) is 7.24. The smallest absolute Gasteiger partial charge is 0.297 e. The summed E-state index contributed by atoms with van der Waals surface area (Å²) in [6.45, 7) is 2.72. The largest absolute Gasteiger partial charge is 0.401 e. The van der Waals surface area contributed by atoms with Crippen molar-refractivity contribution in [2.45, 2.75) is 75.8 Å². The summed E-state index contributed by atoms with van der Waals surface area (Å²) in [6, 6.07) is 2.39. The second-order valence-electron chi connectivity index (χ2n) is 6.43. The van der Waals surface area contributed by atoms with Gasteiger partial charge in [0.05, 0.1) is 12.6 Å². The second-order valence-corrected chi connectivity index (χ2v) is 6.43. The highest BCUT2D eigenvalue weighted by Gasteiger charge is 2.42. The van der Waals surface area contributed by atoms with Crippen molar-refractivity contribution in [2.75, 3.05) is 6.54 Å². The number of hydrogen-bond acceptors (Lipinski definition) is 3. The van der Waals surface area contributed by atoms with E-state index < -0.39 is 18.3 Å². The predicted octanol–water partition coefficient (Wildman–Crippen LogP) is 2.83. The van der Waals surface area contributed by atoms with Crippen LogP contribution < -0.4 is 5.32 Å². The van der Waals surface area contributed by atoms with E-state index in [2.05, 4.69) is 11.4 Å². The van der Waals surface area contributed by atoms with Crippen LogP contribution in [-0.2, 0) is 0 Å². The Kier molecular flexibility index (Phi) is 4.31. The van der Waals surface area contributed by atoms with Gasteiger partial charge in [0.25, 0.3) is 0 Å². The van der Waals surface area contributed by atoms with Crippen LogP contribution in [0.25, 0.3) is 0 Å². The van der Waals surface area contributed by atoms with Crippen molar-refractivity contribution in [2.24, 2.45) is 0 Å². The maximum absolute atomic E-state index is 12.7. The Labute approximate surface area is 118 Å². The van der Waals surface area contributed by atoms with Crippen LogP contribution >= 0.6 is 0 Å². The summed E-state index contributed by atoms with van der Waals surface area (Å²) in [5.41, 5.74) is -0.737. The van der Waals surface area contributed by atoms with Crippen LogP contribution in [0, 0.1) is 11.3 Å². The zero-order chi connectivity index (χ0) is 15.0. The molecule has 2 saturated carbocycles. The number of halogens is 3. The van der Waals surface area contributed by atoms with E-state index >= 15 is 0 Å². The molecule has 2 aliphatic carbocycles. The molecule has 0 saturated heterocycles. The molecule has 0 bridgehead atoms. The van der Waals surface area contributed by atoms with E-state index in [-0.39, 0.29) is 12.1 Å². The molecule has 2 atom stereocenters. The summed E-state index contributed by atoms with van der Waals surface area (Å²) < 4.78 is 38.0. The SMILES string of the molecule is CC(CC(C)(C#N)NC1CC1)N(CC(F)(F)F)C1CC1. The highest BCUT2D eigenvalue weighted by atomic mass is 19.4. The first kappa shape index (κ1) is 15.6. The molecule has 0 amide bonds. The molecule has 0 aromatic heterocycles. The maximum Gasteiger partial charge on any atom is 0.401 e. The van der Waals surface area contributed by atoms with E-state index in [1.165, 1.54) is 4.90 Å². The van der Waals surface area contributed by atoms with Gasteiger partial charge in [-0.1, -0.05) is 0 Å². The number of hydrogen-bond donors (Lipinski definition) is 1. The van der Waals surface area contributed by atoms with Gasteiger partial charge in [0.1, 0.15) is 5.54 Å². The minimum Gasteiger partial charge on any atom is -0.297 e. The van der Waals surface area contributed by atoms with Crippen molar-refractivity contribution >= 4 is 0 Å².